The van der Waals surface area contributed by atoms with Crippen molar-refractivity contribution < 1.29 is 4.79 Å². The first-order valence-electron chi connectivity index (χ1n) is 5.89. The molecule has 0 aliphatic carbocycles. The largest absolute Gasteiger partial charge is 0.355 e. The van der Waals surface area contributed by atoms with Gasteiger partial charge < -0.3 is 10.6 Å². The predicted molar refractivity (Wildman–Crippen MR) is 84.2 cm³/mol. The maximum Gasteiger partial charge on any atom is 0.182 e. The highest BCUT2D eigenvalue weighted by Crippen LogP contribution is 2.13. The fourth-order valence-electron chi connectivity index (χ4n) is 1.51. The monoisotopic (exact) mass is 305 g/mol. The first-order valence-corrected chi connectivity index (χ1v) is 6.67. The summed E-state index contributed by atoms with van der Waals surface area (Å²) in [6.07, 6.45) is 3.16. The lowest BCUT2D eigenvalue weighted by molar-refractivity contribution is 0.0996. The number of thiocarbonyl (C=S) groups is 1. The van der Waals surface area contributed by atoms with Gasteiger partial charge in [0.15, 0.2) is 10.9 Å². The average molecular weight is 306 g/mol. The Hall–Kier alpha value is -1.98. The molecule has 0 amide bonds. The number of aromatic nitrogens is 1. The van der Waals surface area contributed by atoms with Crippen molar-refractivity contribution in [1.82, 2.24) is 10.3 Å². The molecular formula is C14H12ClN3OS. The molecule has 0 radical (unpaired) electrons. The van der Waals surface area contributed by atoms with Crippen LogP contribution in [0, 0.1) is 0 Å². The molecule has 0 saturated carbocycles. The standard InChI is InChI=1S/C14H12ClN3OS/c15-11-1-3-12(4-2-11)18-14(20)17-9-13(19)10-5-7-16-8-6-10/h1-8H,9H2,(H2,17,18,20). The molecule has 0 spiro atoms. The van der Waals surface area contributed by atoms with Crippen LogP contribution in [0.1, 0.15) is 10.4 Å². The molecule has 6 heteroatoms. The van der Waals surface area contributed by atoms with Gasteiger partial charge in [-0.05, 0) is 48.6 Å². The average Bonchev–Trinajstić information content (AvgIpc) is 2.48. The Labute approximate surface area is 127 Å². The van der Waals surface area contributed by atoms with E-state index in [0.717, 1.165) is 5.69 Å². The molecule has 0 saturated heterocycles. The third-order valence-corrected chi connectivity index (χ3v) is 3.01. The van der Waals surface area contributed by atoms with Gasteiger partial charge in [0.05, 0.1) is 6.54 Å². The van der Waals surface area contributed by atoms with Crippen LogP contribution in [0.15, 0.2) is 48.8 Å². The lowest BCUT2D eigenvalue weighted by atomic mass is 10.2. The zero-order valence-corrected chi connectivity index (χ0v) is 12.0. The van der Waals surface area contributed by atoms with Crippen LogP contribution in [-0.4, -0.2) is 22.4 Å². The van der Waals surface area contributed by atoms with Crippen LogP contribution < -0.4 is 10.6 Å². The smallest absolute Gasteiger partial charge is 0.182 e. The van der Waals surface area contributed by atoms with Crippen molar-refractivity contribution in [3.05, 3.63) is 59.4 Å². The summed E-state index contributed by atoms with van der Waals surface area (Å²) < 4.78 is 0. The van der Waals surface area contributed by atoms with Crippen molar-refractivity contribution in [2.45, 2.75) is 0 Å². The number of Topliss-reactive ketones (excluding diaryl/α,β-unsaturated/α-hetero) is 1. The Balaban J connectivity index is 1.83. The van der Waals surface area contributed by atoms with Gasteiger partial charge in [0.2, 0.25) is 0 Å². The molecule has 1 heterocycles. The Morgan fingerprint density at radius 2 is 1.80 bits per heavy atom. The summed E-state index contributed by atoms with van der Waals surface area (Å²) in [6.45, 7) is 0.128. The number of carbonyl (C=O) groups is 1. The van der Waals surface area contributed by atoms with Gasteiger partial charge in [0, 0.05) is 28.7 Å². The van der Waals surface area contributed by atoms with Crippen LogP contribution in [0.25, 0.3) is 0 Å². The molecule has 0 fully saturated rings. The number of carbonyl (C=O) groups excluding carboxylic acids is 1. The van der Waals surface area contributed by atoms with Gasteiger partial charge >= 0.3 is 0 Å². The summed E-state index contributed by atoms with van der Waals surface area (Å²) in [4.78, 5) is 15.7. The van der Waals surface area contributed by atoms with E-state index in [1.165, 1.54) is 0 Å². The maximum atomic E-state index is 11.9. The topological polar surface area (TPSA) is 54.0 Å². The number of halogens is 1. The summed E-state index contributed by atoms with van der Waals surface area (Å²) in [5.41, 5.74) is 1.41. The number of hydrogen-bond acceptors (Lipinski definition) is 3. The van der Waals surface area contributed by atoms with Crippen molar-refractivity contribution in [1.29, 1.82) is 0 Å². The van der Waals surface area contributed by atoms with Gasteiger partial charge in [-0.3, -0.25) is 9.78 Å². The molecule has 20 heavy (non-hydrogen) atoms. The highest BCUT2D eigenvalue weighted by molar-refractivity contribution is 7.80. The molecule has 0 atom stereocenters. The van der Waals surface area contributed by atoms with E-state index < -0.39 is 0 Å². The quantitative estimate of drug-likeness (QED) is 0.672. The second kappa shape index (κ2) is 6.98. The van der Waals surface area contributed by atoms with E-state index in [-0.39, 0.29) is 12.3 Å². The zero-order chi connectivity index (χ0) is 14.4. The van der Waals surface area contributed by atoms with Crippen LogP contribution in [-0.2, 0) is 0 Å². The Morgan fingerprint density at radius 1 is 1.15 bits per heavy atom. The Kier molecular flexibility index (Phi) is 5.03. The van der Waals surface area contributed by atoms with Crippen LogP contribution in [0.5, 0.6) is 0 Å². The summed E-state index contributed by atoms with van der Waals surface area (Å²) in [5.74, 6) is -0.0485. The van der Waals surface area contributed by atoms with Crippen LogP contribution in [0.4, 0.5) is 5.69 Å². The maximum absolute atomic E-state index is 11.9. The van der Waals surface area contributed by atoms with E-state index in [4.69, 9.17) is 23.8 Å². The van der Waals surface area contributed by atoms with Crippen molar-refractivity contribution >= 4 is 40.4 Å². The van der Waals surface area contributed by atoms with Crippen molar-refractivity contribution in [2.75, 3.05) is 11.9 Å². The van der Waals surface area contributed by atoms with Crippen LogP contribution in [0.3, 0.4) is 0 Å². The van der Waals surface area contributed by atoms with E-state index in [9.17, 15) is 4.79 Å². The third kappa shape index (κ3) is 4.29. The summed E-state index contributed by atoms with van der Waals surface area (Å²) in [5, 5.41) is 6.87. The molecule has 0 aliphatic heterocycles. The van der Waals surface area contributed by atoms with Gasteiger partial charge in [-0.2, -0.15) is 0 Å². The van der Waals surface area contributed by atoms with E-state index in [0.29, 0.717) is 15.7 Å². The minimum absolute atomic E-state index is 0.0485. The number of anilines is 1. The molecule has 2 rings (SSSR count). The highest BCUT2D eigenvalue weighted by atomic mass is 35.5. The number of nitrogens with zero attached hydrogens (tertiary/aromatic N) is 1. The van der Waals surface area contributed by atoms with E-state index in [2.05, 4.69) is 15.6 Å². The normalized spacial score (nSPS) is 9.85. The van der Waals surface area contributed by atoms with E-state index in [1.54, 1.807) is 48.8 Å². The minimum atomic E-state index is -0.0485. The first kappa shape index (κ1) is 14.4. The lowest BCUT2D eigenvalue weighted by Crippen LogP contribution is -2.33. The van der Waals surface area contributed by atoms with Gasteiger partial charge in [-0.25, -0.2) is 0 Å². The van der Waals surface area contributed by atoms with Crippen LogP contribution >= 0.6 is 23.8 Å². The van der Waals surface area contributed by atoms with Gasteiger partial charge in [-0.15, -0.1) is 0 Å². The number of pyridine rings is 1. The number of rotatable bonds is 4. The van der Waals surface area contributed by atoms with Crippen molar-refractivity contribution in [3.63, 3.8) is 0 Å². The van der Waals surface area contributed by atoms with Gasteiger partial charge in [0.25, 0.3) is 0 Å². The molecule has 1 aromatic heterocycles. The van der Waals surface area contributed by atoms with Gasteiger partial charge in [-0.1, -0.05) is 11.6 Å². The fraction of sp³-hybridized carbons (Fsp3) is 0.0714. The first-order chi connectivity index (χ1) is 9.65. The zero-order valence-electron chi connectivity index (χ0n) is 10.5. The molecule has 2 N–H and O–H groups in total. The second-order valence-corrected chi connectivity index (χ2v) is 4.82. The summed E-state index contributed by atoms with van der Waals surface area (Å²) in [6, 6.07) is 10.5. The van der Waals surface area contributed by atoms with Crippen molar-refractivity contribution in [2.24, 2.45) is 0 Å². The van der Waals surface area contributed by atoms with Crippen molar-refractivity contribution in [3.8, 4) is 0 Å². The molecule has 0 bridgehead atoms. The molecular weight excluding hydrogens is 294 g/mol. The van der Waals surface area contributed by atoms with Gasteiger partial charge in [0.1, 0.15) is 0 Å². The molecule has 102 valence electrons. The van der Waals surface area contributed by atoms with E-state index in [1.807, 2.05) is 0 Å². The summed E-state index contributed by atoms with van der Waals surface area (Å²) >= 11 is 10.9. The molecule has 0 unspecified atom stereocenters. The number of nitrogens with one attached hydrogen (secondary N) is 2. The Morgan fingerprint density at radius 3 is 2.45 bits per heavy atom. The molecule has 1 aromatic carbocycles. The highest BCUT2D eigenvalue weighted by Gasteiger charge is 2.05. The molecule has 4 nitrogen and oxygen atoms in total. The fourth-order valence-corrected chi connectivity index (χ4v) is 1.82. The number of benzene rings is 1. The number of ketones is 1. The number of hydrogen-bond donors (Lipinski definition) is 2. The lowest BCUT2D eigenvalue weighted by Gasteiger charge is -2.10. The predicted octanol–water partition coefficient (Wildman–Crippen LogP) is 2.90. The summed E-state index contributed by atoms with van der Waals surface area (Å²) in [7, 11) is 0. The molecule has 0 aliphatic rings. The minimum Gasteiger partial charge on any atom is -0.355 e. The van der Waals surface area contributed by atoms with Crippen LogP contribution in [0.2, 0.25) is 5.02 Å². The third-order valence-electron chi connectivity index (χ3n) is 2.51. The molecule has 2 aromatic rings. The SMILES string of the molecule is O=C(CNC(=S)Nc1ccc(Cl)cc1)c1ccncc1. The second-order valence-electron chi connectivity index (χ2n) is 3.97. The van der Waals surface area contributed by atoms with E-state index >= 15 is 0 Å². The Bertz CT molecular complexity index is 602.